The van der Waals surface area contributed by atoms with Crippen LogP contribution in [0.15, 0.2) is 12.1 Å². The quantitative estimate of drug-likeness (QED) is 0.648. The normalized spacial score (nSPS) is 25.4. The number of hydrogen-bond donors (Lipinski definition) is 3. The molecule has 29 heavy (non-hydrogen) atoms. The first kappa shape index (κ1) is 21.8. The van der Waals surface area contributed by atoms with Crippen LogP contribution < -0.4 is 10.6 Å². The van der Waals surface area contributed by atoms with Gasteiger partial charge in [0.15, 0.2) is 5.78 Å². The summed E-state index contributed by atoms with van der Waals surface area (Å²) in [5.74, 6) is -0.765. The molecule has 3 N–H and O–H groups in total. The molecule has 0 aromatic heterocycles. The van der Waals surface area contributed by atoms with E-state index in [2.05, 4.69) is 52.2 Å². The van der Waals surface area contributed by atoms with E-state index in [0.717, 1.165) is 36.8 Å². The van der Waals surface area contributed by atoms with Crippen LogP contribution in [0.4, 0.5) is 5.69 Å². The van der Waals surface area contributed by atoms with E-state index in [9.17, 15) is 14.7 Å². The van der Waals surface area contributed by atoms with Crippen LogP contribution in [-0.4, -0.2) is 29.4 Å². The molecule has 1 amide bonds. The standard InChI is InChI=1S/C24H36N2O3/c1-23(2,3)16-11-17(24(4,5)6)20(27)12-19(16)26-22(29)15-13-25-18-10-8-7-9-14(18)21(15)28/h11-12,14-15,18,25,27H,7-10,13H2,1-6H3,(H,26,29). The number of phenols is 1. The summed E-state index contributed by atoms with van der Waals surface area (Å²) in [6, 6.07) is 3.85. The minimum atomic E-state index is -0.674. The van der Waals surface area contributed by atoms with Crippen LogP contribution in [0.5, 0.6) is 5.75 Å². The lowest BCUT2D eigenvalue weighted by Crippen LogP contribution is -2.55. The third-order valence-electron chi connectivity index (χ3n) is 6.39. The largest absolute Gasteiger partial charge is 0.508 e. The van der Waals surface area contributed by atoms with Crippen LogP contribution in [0.3, 0.4) is 0 Å². The lowest BCUT2D eigenvalue weighted by molar-refractivity contribution is -0.137. The zero-order chi connectivity index (χ0) is 21.6. The summed E-state index contributed by atoms with van der Waals surface area (Å²) >= 11 is 0. The van der Waals surface area contributed by atoms with Crippen molar-refractivity contribution in [2.45, 2.75) is 84.1 Å². The highest BCUT2D eigenvalue weighted by atomic mass is 16.3. The number of aromatic hydroxyl groups is 1. The van der Waals surface area contributed by atoms with Crippen molar-refractivity contribution in [3.05, 3.63) is 23.3 Å². The molecule has 1 aliphatic carbocycles. The fourth-order valence-electron chi connectivity index (χ4n) is 4.70. The van der Waals surface area contributed by atoms with E-state index < -0.39 is 5.92 Å². The number of rotatable bonds is 2. The van der Waals surface area contributed by atoms with Crippen molar-refractivity contribution >= 4 is 17.4 Å². The van der Waals surface area contributed by atoms with E-state index in [1.807, 2.05) is 6.07 Å². The number of anilines is 1. The van der Waals surface area contributed by atoms with Crippen LogP contribution in [0.2, 0.25) is 0 Å². The molecular formula is C24H36N2O3. The fraction of sp³-hybridized carbons (Fsp3) is 0.667. The maximum atomic E-state index is 13.1. The topological polar surface area (TPSA) is 78.4 Å². The van der Waals surface area contributed by atoms with Gasteiger partial charge in [0.05, 0.1) is 0 Å². The number of amides is 1. The van der Waals surface area contributed by atoms with Crippen LogP contribution in [0, 0.1) is 11.8 Å². The number of nitrogens with one attached hydrogen (secondary N) is 2. The van der Waals surface area contributed by atoms with Crippen LogP contribution in [0.25, 0.3) is 0 Å². The number of hydrogen-bond acceptors (Lipinski definition) is 4. The van der Waals surface area contributed by atoms with Crippen molar-refractivity contribution in [2.24, 2.45) is 11.8 Å². The molecule has 1 aliphatic heterocycles. The maximum absolute atomic E-state index is 13.1. The molecule has 5 nitrogen and oxygen atoms in total. The second-order valence-electron chi connectivity index (χ2n) is 10.8. The van der Waals surface area contributed by atoms with Gasteiger partial charge in [0.1, 0.15) is 11.7 Å². The predicted molar refractivity (Wildman–Crippen MR) is 116 cm³/mol. The summed E-state index contributed by atoms with van der Waals surface area (Å²) in [5.41, 5.74) is 1.96. The van der Waals surface area contributed by atoms with Gasteiger partial charge in [0, 0.05) is 30.3 Å². The zero-order valence-corrected chi connectivity index (χ0v) is 18.7. The second kappa shape index (κ2) is 7.75. The molecule has 160 valence electrons. The Kier molecular flexibility index (Phi) is 5.83. The van der Waals surface area contributed by atoms with Crippen molar-refractivity contribution in [1.82, 2.24) is 5.32 Å². The van der Waals surface area contributed by atoms with Gasteiger partial charge in [-0.3, -0.25) is 9.59 Å². The zero-order valence-electron chi connectivity index (χ0n) is 18.7. The molecule has 3 atom stereocenters. The Morgan fingerprint density at radius 2 is 1.66 bits per heavy atom. The van der Waals surface area contributed by atoms with Crippen molar-refractivity contribution in [3.8, 4) is 5.75 Å². The van der Waals surface area contributed by atoms with Gasteiger partial charge in [0.25, 0.3) is 0 Å². The molecule has 2 aliphatic rings. The van der Waals surface area contributed by atoms with Crippen LogP contribution in [0.1, 0.15) is 78.4 Å². The Balaban J connectivity index is 1.88. The van der Waals surface area contributed by atoms with Gasteiger partial charge in [-0.1, -0.05) is 54.4 Å². The van der Waals surface area contributed by atoms with Gasteiger partial charge in [-0.05, 0) is 40.9 Å². The molecule has 1 aromatic carbocycles. The highest BCUT2D eigenvalue weighted by Crippen LogP contribution is 2.40. The average molecular weight is 401 g/mol. The number of carbonyl (C=O) groups excluding carboxylic acids is 2. The third-order valence-corrected chi connectivity index (χ3v) is 6.39. The number of fused-ring (bicyclic) bond motifs is 1. The molecular weight excluding hydrogens is 364 g/mol. The lowest BCUT2D eigenvalue weighted by atomic mass is 9.75. The van der Waals surface area contributed by atoms with E-state index in [0.29, 0.717) is 12.2 Å². The first-order chi connectivity index (χ1) is 13.4. The summed E-state index contributed by atoms with van der Waals surface area (Å²) in [7, 11) is 0. The lowest BCUT2D eigenvalue weighted by Gasteiger charge is -2.38. The van der Waals surface area contributed by atoms with E-state index >= 15 is 0 Å². The van der Waals surface area contributed by atoms with Crippen LogP contribution >= 0.6 is 0 Å². The average Bonchev–Trinajstić information content (AvgIpc) is 2.60. The first-order valence-electron chi connectivity index (χ1n) is 10.9. The summed E-state index contributed by atoms with van der Waals surface area (Å²) in [4.78, 5) is 26.0. The number of phenolic OH excluding ortho intramolecular Hbond substituents is 1. The number of benzene rings is 1. The van der Waals surface area contributed by atoms with Gasteiger partial charge in [-0.25, -0.2) is 0 Å². The Hall–Kier alpha value is -1.88. The third kappa shape index (κ3) is 4.50. The molecule has 0 bridgehead atoms. The summed E-state index contributed by atoms with van der Waals surface area (Å²) in [6.45, 7) is 12.8. The van der Waals surface area contributed by atoms with Crippen molar-refractivity contribution in [3.63, 3.8) is 0 Å². The summed E-state index contributed by atoms with van der Waals surface area (Å²) < 4.78 is 0. The molecule has 1 saturated heterocycles. The Morgan fingerprint density at radius 3 is 2.28 bits per heavy atom. The molecule has 1 aromatic rings. The second-order valence-corrected chi connectivity index (χ2v) is 10.8. The van der Waals surface area contributed by atoms with E-state index in [1.54, 1.807) is 6.07 Å². The summed E-state index contributed by atoms with van der Waals surface area (Å²) in [6.07, 6.45) is 4.08. The first-order valence-corrected chi connectivity index (χ1v) is 10.9. The Labute approximate surface area is 174 Å². The Bertz CT molecular complexity index is 802. The minimum absolute atomic E-state index is 0.0491. The van der Waals surface area contributed by atoms with Gasteiger partial charge in [-0.2, -0.15) is 0 Å². The molecule has 0 spiro atoms. The monoisotopic (exact) mass is 400 g/mol. The molecule has 1 saturated carbocycles. The number of piperidine rings is 1. The molecule has 3 rings (SSSR count). The number of carbonyl (C=O) groups is 2. The molecule has 2 fully saturated rings. The highest BCUT2D eigenvalue weighted by molar-refractivity contribution is 6.09. The van der Waals surface area contributed by atoms with E-state index in [-0.39, 0.29) is 40.2 Å². The summed E-state index contributed by atoms with van der Waals surface area (Å²) in [5, 5.41) is 17.0. The van der Waals surface area contributed by atoms with Gasteiger partial charge in [-0.15, -0.1) is 0 Å². The van der Waals surface area contributed by atoms with E-state index in [1.165, 1.54) is 0 Å². The van der Waals surface area contributed by atoms with Gasteiger partial charge in [0.2, 0.25) is 5.91 Å². The van der Waals surface area contributed by atoms with E-state index in [4.69, 9.17) is 0 Å². The Morgan fingerprint density at radius 1 is 1.03 bits per heavy atom. The molecule has 3 unspecified atom stereocenters. The van der Waals surface area contributed by atoms with Crippen molar-refractivity contribution in [1.29, 1.82) is 0 Å². The van der Waals surface area contributed by atoms with Crippen LogP contribution in [-0.2, 0) is 20.4 Å². The van der Waals surface area contributed by atoms with Crippen molar-refractivity contribution < 1.29 is 14.7 Å². The highest BCUT2D eigenvalue weighted by Gasteiger charge is 2.42. The number of ketones is 1. The fourth-order valence-corrected chi connectivity index (χ4v) is 4.70. The van der Waals surface area contributed by atoms with Crippen molar-refractivity contribution in [2.75, 3.05) is 11.9 Å². The number of Topliss-reactive ketones (excluding diaryl/α,β-unsaturated/α-hetero) is 1. The SMILES string of the molecule is CC(C)(C)c1cc(C(C)(C)C)c(NC(=O)C2CNC3CCCCC3C2=O)cc1O. The predicted octanol–water partition coefficient (Wildman–Crippen LogP) is 4.27. The van der Waals surface area contributed by atoms with Gasteiger partial charge >= 0.3 is 0 Å². The molecule has 5 heteroatoms. The maximum Gasteiger partial charge on any atom is 0.236 e. The minimum Gasteiger partial charge on any atom is -0.508 e. The molecule has 0 radical (unpaired) electrons. The smallest absolute Gasteiger partial charge is 0.236 e. The molecule has 1 heterocycles. The van der Waals surface area contributed by atoms with Gasteiger partial charge < -0.3 is 15.7 Å².